The van der Waals surface area contributed by atoms with Crippen LogP contribution in [0.5, 0.6) is 11.5 Å². The van der Waals surface area contributed by atoms with Crippen molar-refractivity contribution in [3.8, 4) is 11.5 Å². The fourth-order valence-electron chi connectivity index (χ4n) is 9.14. The molecule has 2 saturated heterocycles. The number of imide groups is 2. The molecule has 3 fully saturated rings. The number of aromatic hydroxyl groups is 1. The molecule has 2 heterocycles. The van der Waals surface area contributed by atoms with Crippen molar-refractivity contribution in [3.05, 3.63) is 122 Å². The fraction of sp³-hybridized carbons (Fsp3) is 0.231. The van der Waals surface area contributed by atoms with E-state index < -0.39 is 65.8 Å². The first-order valence-corrected chi connectivity index (χ1v) is 18.9. The van der Waals surface area contributed by atoms with Gasteiger partial charge in [-0.3, -0.25) is 24.1 Å². The molecule has 0 aromatic heterocycles. The van der Waals surface area contributed by atoms with Gasteiger partial charge in [0.1, 0.15) is 0 Å². The van der Waals surface area contributed by atoms with Gasteiger partial charge in [0.25, 0.3) is 0 Å². The van der Waals surface area contributed by atoms with Gasteiger partial charge < -0.3 is 19.9 Å². The van der Waals surface area contributed by atoms with E-state index in [1.54, 1.807) is 42.5 Å². The third-order valence-electron chi connectivity index (χ3n) is 11.3. The monoisotopic (exact) mass is 858 g/mol. The summed E-state index contributed by atoms with van der Waals surface area (Å²) in [5.41, 5.74) is 0.918. The lowest BCUT2D eigenvalue weighted by atomic mass is 9.49. The molecule has 4 aliphatic rings. The maximum absolute atomic E-state index is 15.5. The Hall–Kier alpha value is -4.27. The zero-order valence-corrected chi connectivity index (χ0v) is 31.9. The number of hydrogen-bond donors (Lipinski definition) is 3. The highest BCUT2D eigenvalue weighted by atomic mass is 79.9. The highest BCUT2D eigenvalue weighted by Gasteiger charge is 2.70. The largest absolute Gasteiger partial charge is 0.503 e. The summed E-state index contributed by atoms with van der Waals surface area (Å²) in [5.74, 6) is -6.08. The average Bonchev–Trinajstić information content (AvgIpc) is 3.55. The summed E-state index contributed by atoms with van der Waals surface area (Å²) in [6.07, 6.45) is 2.19. The van der Waals surface area contributed by atoms with E-state index in [4.69, 9.17) is 16.3 Å². The van der Waals surface area contributed by atoms with E-state index in [-0.39, 0.29) is 40.0 Å². The van der Waals surface area contributed by atoms with Crippen LogP contribution in [-0.4, -0.2) is 53.0 Å². The lowest BCUT2D eigenvalue weighted by Crippen LogP contribution is -2.53. The average molecular weight is 861 g/mol. The van der Waals surface area contributed by atoms with Crippen molar-refractivity contribution in [3.63, 3.8) is 0 Å². The first-order chi connectivity index (χ1) is 25.4. The normalized spacial score (nSPS) is 26.3. The highest BCUT2D eigenvalue weighted by molar-refractivity contribution is 9.13. The van der Waals surface area contributed by atoms with E-state index in [0.717, 1.165) is 4.90 Å². The van der Waals surface area contributed by atoms with E-state index in [1.165, 1.54) is 24.1 Å². The molecule has 8 rings (SSSR count). The van der Waals surface area contributed by atoms with Crippen LogP contribution in [0.4, 0.5) is 11.4 Å². The zero-order chi connectivity index (χ0) is 37.5. The van der Waals surface area contributed by atoms with E-state index in [2.05, 4.69) is 31.9 Å². The van der Waals surface area contributed by atoms with Crippen molar-refractivity contribution in [2.24, 2.45) is 23.7 Å². The van der Waals surface area contributed by atoms with E-state index in [1.807, 2.05) is 36.4 Å². The molecule has 53 heavy (non-hydrogen) atoms. The van der Waals surface area contributed by atoms with Gasteiger partial charge in [0, 0.05) is 15.4 Å². The van der Waals surface area contributed by atoms with E-state index in [0.29, 0.717) is 31.9 Å². The summed E-state index contributed by atoms with van der Waals surface area (Å²) < 4.78 is 6.30. The molecule has 3 N–H and O–H groups in total. The molecule has 10 nitrogen and oxygen atoms in total. The molecule has 14 heteroatoms. The van der Waals surface area contributed by atoms with Crippen LogP contribution < -0.4 is 20.0 Å². The number of amides is 4. The first-order valence-electron chi connectivity index (χ1n) is 16.9. The van der Waals surface area contributed by atoms with Gasteiger partial charge in [-0.2, -0.15) is 0 Å². The Morgan fingerprint density at radius 3 is 2.21 bits per heavy atom. The lowest BCUT2D eigenvalue weighted by Gasteiger charge is -2.51. The van der Waals surface area contributed by atoms with Gasteiger partial charge in [-0.25, -0.2) is 4.90 Å². The van der Waals surface area contributed by atoms with Gasteiger partial charge in [0.15, 0.2) is 11.5 Å². The van der Waals surface area contributed by atoms with Gasteiger partial charge in [0.05, 0.1) is 46.1 Å². The van der Waals surface area contributed by atoms with Crippen LogP contribution in [0.15, 0.2) is 106 Å². The Kier molecular flexibility index (Phi) is 8.93. The maximum atomic E-state index is 15.5. The second-order valence-electron chi connectivity index (χ2n) is 13.7. The quantitative estimate of drug-likeness (QED) is 0.129. The minimum Gasteiger partial charge on any atom is -0.503 e. The molecular formula is C39H30BBr2ClN2O8. The molecule has 0 bridgehead atoms. The first kappa shape index (κ1) is 35.7. The number of rotatable bonds is 6. The Labute approximate surface area is 326 Å². The highest BCUT2D eigenvalue weighted by Crippen LogP contribution is 2.66. The molecule has 0 radical (unpaired) electrons. The van der Waals surface area contributed by atoms with Crippen molar-refractivity contribution in [2.75, 3.05) is 16.9 Å². The molecule has 4 aromatic carbocycles. The summed E-state index contributed by atoms with van der Waals surface area (Å²) in [4.78, 5) is 61.5. The van der Waals surface area contributed by atoms with Gasteiger partial charge in [-0.1, -0.05) is 71.8 Å². The van der Waals surface area contributed by atoms with Crippen LogP contribution in [0.2, 0.25) is 5.02 Å². The molecule has 2 aliphatic carbocycles. The molecule has 0 spiro atoms. The van der Waals surface area contributed by atoms with Crippen LogP contribution in [0.1, 0.15) is 29.9 Å². The second kappa shape index (κ2) is 13.2. The van der Waals surface area contributed by atoms with Crippen molar-refractivity contribution < 1.29 is 39.1 Å². The number of phenolic OH excluding ortho intramolecular Hbond substituents is 1. The predicted octanol–water partition coefficient (Wildman–Crippen LogP) is 5.63. The maximum Gasteiger partial charge on any atom is 0.488 e. The van der Waals surface area contributed by atoms with E-state index >= 15 is 4.79 Å². The minimum atomic E-state index is -1.81. The molecular weight excluding hydrogens is 831 g/mol. The number of carbonyl (C=O) groups excluding carboxylic acids is 4. The Morgan fingerprint density at radius 1 is 0.830 bits per heavy atom. The molecule has 268 valence electrons. The molecule has 4 aromatic rings. The molecule has 6 atom stereocenters. The lowest BCUT2D eigenvalue weighted by molar-refractivity contribution is -0.127. The number of nitrogens with zero attached hydrogens (tertiary/aromatic N) is 2. The summed E-state index contributed by atoms with van der Waals surface area (Å²) in [6.45, 7) is 0. The third-order valence-corrected chi connectivity index (χ3v) is 13.7. The van der Waals surface area contributed by atoms with Crippen LogP contribution in [-0.2, 0) is 24.6 Å². The molecule has 6 unspecified atom stereocenters. The van der Waals surface area contributed by atoms with Gasteiger partial charge in [-0.15, -0.1) is 0 Å². The number of ether oxygens (including phenoxy) is 1. The summed E-state index contributed by atoms with van der Waals surface area (Å²) >= 11 is 13.6. The fourth-order valence-corrected chi connectivity index (χ4v) is 10.3. The van der Waals surface area contributed by atoms with Gasteiger partial charge in [-0.05, 0) is 104 Å². The SMILES string of the molecule is COc1cc(C2C3=CCC4C(=O)N(c5cccc(B(O)O)c5)C(=O)C4C3CC3C(=O)N(c4cccc(Cl)c4)C(=O)C32c2ccccc2)c(Br)c(Br)c1O. The Balaban J connectivity index is 1.38. The molecule has 4 amide bonds. The Morgan fingerprint density at radius 2 is 1.53 bits per heavy atom. The number of halogens is 3. The van der Waals surface area contributed by atoms with Crippen LogP contribution in [0.3, 0.4) is 0 Å². The third kappa shape index (κ3) is 5.19. The zero-order valence-electron chi connectivity index (χ0n) is 27.9. The van der Waals surface area contributed by atoms with Crippen molar-refractivity contribution in [1.29, 1.82) is 0 Å². The number of fused-ring (bicyclic) bond motifs is 4. The van der Waals surface area contributed by atoms with E-state index in [9.17, 15) is 29.5 Å². The topological polar surface area (TPSA) is 145 Å². The van der Waals surface area contributed by atoms with Crippen LogP contribution in [0, 0.1) is 23.7 Å². The second-order valence-corrected chi connectivity index (χ2v) is 15.7. The van der Waals surface area contributed by atoms with Crippen molar-refractivity contribution in [2.45, 2.75) is 24.2 Å². The number of allylic oxidation sites excluding steroid dienone is 2. The molecule has 2 aliphatic heterocycles. The number of carbonyl (C=O) groups is 4. The number of phenols is 1. The standard InChI is InChI=1S/C39H30BBr2ClN2O8/c1-53-29-18-27(32(41)33(42)34(29)46)31-24-13-14-25-30(37(49)44(35(25)47)22-11-5-9-20(15-22)40(51)52)26(24)17-28-36(48)45(23-12-6-10-21(43)16-23)38(50)39(28,31)19-7-3-2-4-8-19/h2-13,15-16,18,25-26,28,30-31,46,51-52H,14,17H2,1H3. The number of anilines is 2. The summed E-state index contributed by atoms with van der Waals surface area (Å²) in [6, 6.07) is 23.3. The smallest absolute Gasteiger partial charge is 0.488 e. The summed E-state index contributed by atoms with van der Waals surface area (Å²) in [5, 5.41) is 31.0. The Bertz CT molecular complexity index is 2270. The number of hydrogen-bond acceptors (Lipinski definition) is 8. The minimum absolute atomic E-state index is 0.0797. The van der Waals surface area contributed by atoms with Crippen LogP contribution in [0.25, 0.3) is 0 Å². The number of benzene rings is 4. The van der Waals surface area contributed by atoms with Crippen molar-refractivity contribution in [1.82, 2.24) is 0 Å². The van der Waals surface area contributed by atoms with Gasteiger partial charge in [0.2, 0.25) is 23.6 Å². The van der Waals surface area contributed by atoms with Gasteiger partial charge >= 0.3 is 7.12 Å². The van der Waals surface area contributed by atoms with Crippen LogP contribution >= 0.6 is 43.5 Å². The molecule has 1 saturated carbocycles. The summed E-state index contributed by atoms with van der Waals surface area (Å²) in [7, 11) is -0.395. The predicted molar refractivity (Wildman–Crippen MR) is 205 cm³/mol. The number of methoxy groups -OCH3 is 1. The van der Waals surface area contributed by atoms with Crippen molar-refractivity contribution >= 4 is 91.0 Å².